The third kappa shape index (κ3) is 11.7. The Hall–Kier alpha value is -3.11. The molecule has 1 unspecified atom stereocenters. The minimum atomic E-state index is -0.500. The Morgan fingerprint density at radius 1 is 0.971 bits per heavy atom. The van der Waals surface area contributed by atoms with Gasteiger partial charge < -0.3 is 24.8 Å². The SMILES string of the molecule is CC.CCC(C#N)c1ccc(OCc2ccc(OCC(=N)c3ccccc3)cc2)cc1.O=C[O-].[Na+]. The van der Waals surface area contributed by atoms with Crippen molar-refractivity contribution in [3.05, 3.63) is 95.6 Å². The number of nitriles is 1. The minimum Gasteiger partial charge on any atom is -0.554 e. The van der Waals surface area contributed by atoms with Gasteiger partial charge in [-0.25, -0.2) is 0 Å². The molecule has 0 aromatic heterocycles. The molecule has 0 aliphatic carbocycles. The molecule has 6 nitrogen and oxygen atoms in total. The van der Waals surface area contributed by atoms with Crippen LogP contribution in [0.15, 0.2) is 78.9 Å². The van der Waals surface area contributed by atoms with Crippen LogP contribution in [0.4, 0.5) is 0 Å². The molecule has 0 amide bonds. The zero-order valence-corrected chi connectivity index (χ0v) is 22.9. The molecule has 7 heteroatoms. The van der Waals surface area contributed by atoms with E-state index in [0.717, 1.165) is 34.6 Å². The molecule has 1 N–H and O–H groups in total. The van der Waals surface area contributed by atoms with Gasteiger partial charge in [0.25, 0.3) is 0 Å². The van der Waals surface area contributed by atoms with Gasteiger partial charge in [0.15, 0.2) is 0 Å². The molecule has 0 saturated carbocycles. The van der Waals surface area contributed by atoms with Crippen molar-refractivity contribution in [2.45, 2.75) is 39.7 Å². The third-order valence-electron chi connectivity index (χ3n) is 4.68. The summed E-state index contributed by atoms with van der Waals surface area (Å²) in [5.41, 5.74) is 3.36. The Bertz CT molecular complexity index is 1020. The number of rotatable bonds is 9. The van der Waals surface area contributed by atoms with E-state index in [9.17, 15) is 0 Å². The van der Waals surface area contributed by atoms with E-state index < -0.39 is 6.47 Å². The molecule has 0 spiro atoms. The number of carboxylic acid groups (broad SMARTS) is 1. The number of nitrogens with zero attached hydrogens (tertiary/aromatic N) is 1. The summed E-state index contributed by atoms with van der Waals surface area (Å²) >= 11 is 0. The van der Waals surface area contributed by atoms with E-state index in [0.29, 0.717) is 12.3 Å². The summed E-state index contributed by atoms with van der Waals surface area (Å²) in [7, 11) is 0. The van der Waals surface area contributed by atoms with Crippen LogP contribution < -0.4 is 44.1 Å². The van der Waals surface area contributed by atoms with Gasteiger partial charge in [-0.1, -0.05) is 75.4 Å². The van der Waals surface area contributed by atoms with Gasteiger partial charge in [-0.05, 0) is 47.4 Å². The molecule has 0 bridgehead atoms. The fraction of sp³-hybridized carbons (Fsp3) is 0.250. The van der Waals surface area contributed by atoms with E-state index in [4.69, 9.17) is 30.0 Å². The zero-order valence-electron chi connectivity index (χ0n) is 20.9. The average molecular weight is 483 g/mol. The molecule has 3 aromatic carbocycles. The Balaban J connectivity index is 0.00000179. The van der Waals surface area contributed by atoms with Gasteiger partial charge in [-0.15, -0.1) is 0 Å². The van der Waals surface area contributed by atoms with Crippen LogP contribution in [0.2, 0.25) is 0 Å². The standard InChI is InChI=1S/C25H24N2O2.C2H6.CH2O2.Na/c1-2-20(16-26)21-10-14-24(15-11-21)28-17-19-8-12-23(13-9-19)29-18-25(27)22-6-4-3-5-7-22;1-2;2-1-3;/h3-15,20,27H,2,17-18H2,1H3;1-2H3;1H,(H,2,3);/q;;;+1/p-1. The van der Waals surface area contributed by atoms with Crippen LogP contribution in [0.1, 0.15) is 49.8 Å². The third-order valence-corrected chi connectivity index (χ3v) is 4.68. The second-order valence-corrected chi connectivity index (χ2v) is 6.82. The van der Waals surface area contributed by atoms with Crippen molar-refractivity contribution in [2.75, 3.05) is 6.61 Å². The molecular formula is C28H31N2NaO4. The van der Waals surface area contributed by atoms with Crippen molar-refractivity contribution in [1.29, 1.82) is 10.7 Å². The second kappa shape index (κ2) is 19.2. The van der Waals surface area contributed by atoms with E-state index in [1.165, 1.54) is 0 Å². The minimum absolute atomic E-state index is 0. The monoisotopic (exact) mass is 482 g/mol. The van der Waals surface area contributed by atoms with Crippen LogP contribution in [0.25, 0.3) is 0 Å². The maximum Gasteiger partial charge on any atom is 1.00 e. The van der Waals surface area contributed by atoms with Gasteiger partial charge in [-0.2, -0.15) is 5.26 Å². The molecule has 1 atom stereocenters. The summed E-state index contributed by atoms with van der Waals surface area (Å²) in [4.78, 5) is 8.25. The molecule has 0 aliphatic rings. The fourth-order valence-corrected chi connectivity index (χ4v) is 2.92. The number of nitrogens with one attached hydrogen (secondary N) is 1. The van der Waals surface area contributed by atoms with Crippen molar-refractivity contribution >= 4 is 12.2 Å². The summed E-state index contributed by atoms with van der Waals surface area (Å²) in [6.07, 6.45) is 0.802. The van der Waals surface area contributed by atoms with E-state index in [1.54, 1.807) is 0 Å². The summed E-state index contributed by atoms with van der Waals surface area (Å²) in [5, 5.41) is 25.5. The molecule has 0 fully saturated rings. The Kier molecular flexibility index (Phi) is 17.5. The average Bonchev–Trinajstić information content (AvgIpc) is 2.90. The maximum absolute atomic E-state index is 9.15. The van der Waals surface area contributed by atoms with Crippen molar-refractivity contribution in [3.63, 3.8) is 0 Å². The first-order valence-electron chi connectivity index (χ1n) is 11.1. The quantitative estimate of drug-likeness (QED) is 0.286. The molecular weight excluding hydrogens is 451 g/mol. The Morgan fingerprint density at radius 2 is 1.49 bits per heavy atom. The van der Waals surface area contributed by atoms with Crippen LogP contribution in [0.3, 0.4) is 0 Å². The van der Waals surface area contributed by atoms with E-state index in [1.807, 2.05) is 99.6 Å². The number of carbonyl (C=O) groups is 1. The first-order chi connectivity index (χ1) is 16.6. The van der Waals surface area contributed by atoms with Crippen LogP contribution in [-0.4, -0.2) is 18.8 Å². The van der Waals surface area contributed by atoms with E-state index in [2.05, 4.69) is 6.07 Å². The summed E-state index contributed by atoms with van der Waals surface area (Å²) in [6, 6.07) is 27.3. The van der Waals surface area contributed by atoms with Gasteiger partial charge in [-0.3, -0.25) is 0 Å². The van der Waals surface area contributed by atoms with E-state index >= 15 is 0 Å². The van der Waals surface area contributed by atoms with Gasteiger partial charge in [0.2, 0.25) is 0 Å². The Labute approximate surface area is 230 Å². The van der Waals surface area contributed by atoms with Crippen LogP contribution in [-0.2, 0) is 11.4 Å². The topological polar surface area (TPSA) is 106 Å². The van der Waals surface area contributed by atoms with Crippen LogP contribution >= 0.6 is 0 Å². The molecule has 0 aliphatic heterocycles. The maximum atomic E-state index is 9.15. The summed E-state index contributed by atoms with van der Waals surface area (Å²) < 4.78 is 11.5. The molecule has 3 rings (SSSR count). The van der Waals surface area contributed by atoms with Crippen LogP contribution in [0, 0.1) is 16.7 Å². The summed E-state index contributed by atoms with van der Waals surface area (Å²) in [6.45, 7) is 6.19. The fourth-order valence-electron chi connectivity index (χ4n) is 2.92. The normalized spacial score (nSPS) is 9.89. The first-order valence-corrected chi connectivity index (χ1v) is 11.1. The van der Waals surface area contributed by atoms with Gasteiger partial charge in [0.1, 0.15) is 24.7 Å². The van der Waals surface area contributed by atoms with Crippen molar-refractivity contribution in [1.82, 2.24) is 0 Å². The van der Waals surface area contributed by atoms with Crippen molar-refractivity contribution in [3.8, 4) is 17.6 Å². The molecule has 0 saturated heterocycles. The molecule has 35 heavy (non-hydrogen) atoms. The first kappa shape index (κ1) is 31.9. The number of ether oxygens (including phenoxy) is 2. The number of hydrogen-bond donors (Lipinski definition) is 1. The molecule has 0 heterocycles. The number of hydrogen-bond acceptors (Lipinski definition) is 6. The van der Waals surface area contributed by atoms with Gasteiger partial charge in [0, 0.05) is 6.47 Å². The predicted molar refractivity (Wildman–Crippen MR) is 132 cm³/mol. The largest absolute Gasteiger partial charge is 1.00 e. The molecule has 178 valence electrons. The number of benzene rings is 3. The van der Waals surface area contributed by atoms with E-state index in [-0.39, 0.29) is 42.1 Å². The smallest absolute Gasteiger partial charge is 0.554 e. The summed E-state index contributed by atoms with van der Waals surface area (Å²) in [5.74, 6) is 1.43. The number of carbonyl (C=O) groups excluding carboxylic acids is 1. The van der Waals surface area contributed by atoms with Crippen LogP contribution in [0.5, 0.6) is 11.5 Å². The molecule has 3 aromatic rings. The van der Waals surface area contributed by atoms with Gasteiger partial charge >= 0.3 is 29.6 Å². The Morgan fingerprint density at radius 3 is 2.00 bits per heavy atom. The zero-order chi connectivity index (χ0) is 25.2. The van der Waals surface area contributed by atoms with Crippen molar-refractivity contribution in [2.24, 2.45) is 0 Å². The second-order valence-electron chi connectivity index (χ2n) is 6.82. The molecule has 0 radical (unpaired) electrons. The predicted octanol–water partition coefficient (Wildman–Crippen LogP) is 2.13. The van der Waals surface area contributed by atoms with Crippen molar-refractivity contribution < 1.29 is 48.9 Å². The van der Waals surface area contributed by atoms with Gasteiger partial charge in [0.05, 0.1) is 17.7 Å².